The Hall–Kier alpha value is -0.626. The van der Waals surface area contributed by atoms with Gasteiger partial charge in [-0.05, 0) is 0 Å². The number of rotatable bonds is 2. The Balaban J connectivity index is 2.70. The summed E-state index contributed by atoms with van der Waals surface area (Å²) >= 11 is -1.08. The Labute approximate surface area is 151 Å². The maximum atomic E-state index is 6.34. The van der Waals surface area contributed by atoms with Crippen LogP contribution in [0.4, 0.5) is 0 Å². The molecule has 2 aromatic heterocycles. The van der Waals surface area contributed by atoms with Crippen molar-refractivity contribution in [3.05, 3.63) is 41.7 Å². The summed E-state index contributed by atoms with van der Waals surface area (Å²) in [4.78, 5) is 9.06. The fourth-order valence-electron chi connectivity index (χ4n) is 2.31. The van der Waals surface area contributed by atoms with Gasteiger partial charge in [0.25, 0.3) is 0 Å². The van der Waals surface area contributed by atoms with Crippen molar-refractivity contribution in [2.45, 2.75) is 52.4 Å². The van der Waals surface area contributed by atoms with E-state index in [2.05, 4.69) is 57.6 Å². The van der Waals surface area contributed by atoms with Crippen LogP contribution in [0.25, 0.3) is 11.4 Å². The first-order valence-electron chi connectivity index (χ1n) is 7.43. The summed E-state index contributed by atoms with van der Waals surface area (Å²) in [5.74, 6) is 0. The predicted molar refractivity (Wildman–Crippen MR) is 96.2 cm³/mol. The number of hydrogen-bond donors (Lipinski definition) is 0. The molecule has 0 aromatic carbocycles. The van der Waals surface area contributed by atoms with Gasteiger partial charge in [0.05, 0.1) is 0 Å². The summed E-state index contributed by atoms with van der Waals surface area (Å²) in [6.45, 7) is 13.0. The molecule has 0 saturated carbocycles. The summed E-state index contributed by atoms with van der Waals surface area (Å²) in [5.41, 5.74) is 3.91. The Kier molecular flexibility index (Phi) is 5.45. The van der Waals surface area contributed by atoms with Crippen molar-refractivity contribution in [3.8, 4) is 11.4 Å². The molecule has 129 valence electrons. The van der Waals surface area contributed by atoms with E-state index in [9.17, 15) is 0 Å². The first kappa shape index (κ1) is 18.7. The van der Waals surface area contributed by atoms with E-state index in [4.69, 9.17) is 20.4 Å². The summed E-state index contributed by atoms with van der Waals surface area (Å²) in [6, 6.07) is 6.13. The van der Waals surface area contributed by atoms with Crippen LogP contribution in [0.5, 0.6) is 0 Å². The standard InChI is InChI=1S/C18H23N2.2ClH.Ni/c1-17(2,3)13-7-9-19-15(11-13)16-12-14(8-10-20-16)18(4,5)6;;;/h7-11H,1-6H3;2*1H;/q;;;+2/p-2. The molecule has 0 amide bonds. The average Bonchev–Trinajstić information content (AvgIpc) is 2.44. The second-order valence-electron chi connectivity index (χ2n) is 7.58. The molecule has 0 aliphatic rings. The maximum absolute atomic E-state index is 6.34. The monoisotopic (exact) mass is 395 g/mol. The summed E-state index contributed by atoms with van der Waals surface area (Å²) < 4.78 is 0.891. The van der Waals surface area contributed by atoms with Gasteiger partial charge in [-0.25, -0.2) is 0 Å². The SMILES string of the molecule is CC(C)(C)c1ccnc(-c2nccc(C(C)(C)C)[c]2[Ni]([Cl])[Cl])c1. The Morgan fingerprint density at radius 1 is 0.870 bits per heavy atom. The van der Waals surface area contributed by atoms with Gasteiger partial charge in [0, 0.05) is 0 Å². The van der Waals surface area contributed by atoms with Gasteiger partial charge in [-0.3, -0.25) is 0 Å². The predicted octanol–water partition coefficient (Wildman–Crippen LogP) is 5.29. The van der Waals surface area contributed by atoms with Crippen LogP contribution in [0.2, 0.25) is 0 Å². The fraction of sp³-hybridized carbons (Fsp3) is 0.444. The topological polar surface area (TPSA) is 25.8 Å². The zero-order valence-electron chi connectivity index (χ0n) is 14.4. The quantitative estimate of drug-likeness (QED) is 0.644. The Bertz CT molecular complexity index is 701. The molecule has 23 heavy (non-hydrogen) atoms. The first-order valence-corrected chi connectivity index (χ1v) is 10.6. The molecule has 2 heterocycles. The molecule has 0 unspecified atom stereocenters. The summed E-state index contributed by atoms with van der Waals surface area (Å²) in [6.07, 6.45) is 3.64. The van der Waals surface area contributed by atoms with Crippen LogP contribution in [0.1, 0.15) is 52.7 Å². The molecule has 0 aliphatic heterocycles. The molecule has 0 fully saturated rings. The van der Waals surface area contributed by atoms with Gasteiger partial charge in [-0.2, -0.15) is 0 Å². The molecule has 2 rings (SSSR count). The molecule has 0 N–H and O–H groups in total. The van der Waals surface area contributed by atoms with E-state index in [-0.39, 0.29) is 10.8 Å². The van der Waals surface area contributed by atoms with Gasteiger partial charge in [-0.15, -0.1) is 0 Å². The molecular weight excluding hydrogens is 374 g/mol. The summed E-state index contributed by atoms with van der Waals surface area (Å²) in [5, 5.41) is 0. The number of aromatic nitrogens is 2. The van der Waals surface area contributed by atoms with E-state index in [1.165, 1.54) is 5.56 Å². The van der Waals surface area contributed by atoms with Crippen molar-refractivity contribution in [2.75, 3.05) is 0 Å². The van der Waals surface area contributed by atoms with Crippen molar-refractivity contribution >= 4 is 24.9 Å². The molecule has 0 bridgehead atoms. The van der Waals surface area contributed by atoms with Gasteiger partial charge < -0.3 is 0 Å². The van der Waals surface area contributed by atoms with Crippen LogP contribution >= 0.6 is 20.4 Å². The molecule has 0 saturated heterocycles. The second-order valence-corrected chi connectivity index (χ2v) is 11.1. The van der Waals surface area contributed by atoms with Crippen LogP contribution in [-0.2, 0) is 22.5 Å². The van der Waals surface area contributed by atoms with Crippen molar-refractivity contribution < 1.29 is 11.6 Å². The van der Waals surface area contributed by atoms with E-state index in [0.29, 0.717) is 0 Å². The van der Waals surface area contributed by atoms with E-state index in [1.54, 1.807) is 0 Å². The molecular formula is C18H23Cl2N2Ni. The van der Waals surface area contributed by atoms with Crippen LogP contribution in [0.3, 0.4) is 0 Å². The third-order valence-corrected chi connectivity index (χ3v) is 5.51. The van der Waals surface area contributed by atoms with Crippen LogP contribution in [0, 0.1) is 0 Å². The normalized spacial score (nSPS) is 13.1. The van der Waals surface area contributed by atoms with Crippen molar-refractivity contribution in [1.29, 1.82) is 0 Å². The van der Waals surface area contributed by atoms with Gasteiger partial charge in [-0.1, -0.05) is 0 Å². The van der Waals surface area contributed by atoms with Crippen molar-refractivity contribution in [3.63, 3.8) is 0 Å². The van der Waals surface area contributed by atoms with Crippen LogP contribution < -0.4 is 4.53 Å². The van der Waals surface area contributed by atoms with Crippen LogP contribution in [0.15, 0.2) is 30.6 Å². The van der Waals surface area contributed by atoms with Gasteiger partial charge >= 0.3 is 152 Å². The summed E-state index contributed by atoms with van der Waals surface area (Å²) in [7, 11) is 12.7. The number of hydrogen-bond acceptors (Lipinski definition) is 2. The minimum absolute atomic E-state index is 0.0459. The molecule has 5 heteroatoms. The number of pyridine rings is 2. The van der Waals surface area contributed by atoms with Gasteiger partial charge in [0.1, 0.15) is 0 Å². The van der Waals surface area contributed by atoms with E-state index in [1.807, 2.05) is 24.5 Å². The Morgan fingerprint density at radius 2 is 1.48 bits per heavy atom. The average molecular weight is 397 g/mol. The second kappa shape index (κ2) is 6.71. The molecule has 2 aromatic rings. The number of nitrogens with zero attached hydrogens (tertiary/aromatic N) is 2. The van der Waals surface area contributed by atoms with E-state index < -0.39 is 11.6 Å². The number of halogens is 2. The first-order chi connectivity index (χ1) is 10.5. The van der Waals surface area contributed by atoms with Gasteiger partial charge in [0.15, 0.2) is 0 Å². The molecule has 0 spiro atoms. The Morgan fingerprint density at radius 3 is 2.00 bits per heavy atom. The molecule has 2 nitrogen and oxygen atoms in total. The van der Waals surface area contributed by atoms with Gasteiger partial charge in [0.2, 0.25) is 0 Å². The molecule has 0 aliphatic carbocycles. The van der Waals surface area contributed by atoms with E-state index >= 15 is 0 Å². The van der Waals surface area contributed by atoms with Crippen LogP contribution in [-0.4, -0.2) is 9.97 Å². The third-order valence-electron chi connectivity index (χ3n) is 3.65. The third kappa shape index (κ3) is 4.26. The molecule has 0 radical (unpaired) electrons. The van der Waals surface area contributed by atoms with Crippen molar-refractivity contribution in [2.24, 2.45) is 0 Å². The minimum atomic E-state index is -1.08. The van der Waals surface area contributed by atoms with E-state index in [0.717, 1.165) is 21.5 Å². The van der Waals surface area contributed by atoms with Crippen molar-refractivity contribution in [1.82, 2.24) is 9.97 Å². The fourth-order valence-corrected chi connectivity index (χ4v) is 4.33. The zero-order chi connectivity index (χ0) is 17.4. The zero-order valence-corrected chi connectivity index (χ0v) is 16.9. The molecule has 0 atom stereocenters.